The normalized spacial score (nSPS) is 17.9. The van der Waals surface area contributed by atoms with Gasteiger partial charge in [0.15, 0.2) is 0 Å². The molecule has 1 aliphatic rings. The van der Waals surface area contributed by atoms with Crippen LogP contribution < -0.4 is 15.2 Å². The number of aliphatic hydroxyl groups is 1. The molecule has 2 aromatic carbocycles. The number of aromatic nitrogens is 1. The van der Waals surface area contributed by atoms with Gasteiger partial charge in [-0.1, -0.05) is 6.07 Å². The number of carbonyl (C=O) groups is 3. The Bertz CT molecular complexity index is 1540. The lowest BCUT2D eigenvalue weighted by molar-refractivity contribution is -0.159. The number of aliphatic hydroxyl groups excluding tert-OH is 1. The Kier molecular flexibility index (Phi) is 9.48. The van der Waals surface area contributed by atoms with Gasteiger partial charge in [-0.05, 0) is 80.1 Å². The predicted octanol–water partition coefficient (Wildman–Crippen LogP) is 3.65. The van der Waals surface area contributed by atoms with E-state index in [-0.39, 0.29) is 6.61 Å². The summed E-state index contributed by atoms with van der Waals surface area (Å²) in [6.07, 6.45) is 1.52. The molecule has 1 amide bonds. The molecule has 41 heavy (non-hydrogen) atoms. The number of piperidine rings is 1. The van der Waals surface area contributed by atoms with E-state index in [4.69, 9.17) is 35.0 Å². The molecule has 1 saturated heterocycles. The van der Waals surface area contributed by atoms with Crippen molar-refractivity contribution in [3.8, 4) is 11.5 Å². The quantitative estimate of drug-likeness (QED) is 0.194. The summed E-state index contributed by atoms with van der Waals surface area (Å²) in [5.41, 5.74) is 6.50. The van der Waals surface area contributed by atoms with Crippen LogP contribution in [0, 0.1) is 0 Å². The molecule has 5 rings (SSSR count). The lowest BCUT2D eigenvalue weighted by atomic mass is 9.90. The zero-order valence-corrected chi connectivity index (χ0v) is 23.5. The first-order valence-corrected chi connectivity index (χ1v) is 13.9. The average Bonchev–Trinajstić information content (AvgIpc) is 3.58. The molecule has 6 N–H and O–H groups in total. The number of H-pyrrole nitrogens is 1. The minimum absolute atomic E-state index is 0.182. The molecule has 0 radical (unpaired) electrons. The SMILES string of the molecule is COc1ccc2cc([C@H]3CCN(C[C@H](O)COc4cccc5[nH]c(C(N)=O)cc45)[C@H](C)C3)sc2c1.O=C(O)C(=O)O. The van der Waals surface area contributed by atoms with Gasteiger partial charge >= 0.3 is 11.9 Å². The lowest BCUT2D eigenvalue weighted by Crippen LogP contribution is -2.45. The van der Waals surface area contributed by atoms with Crippen molar-refractivity contribution in [3.05, 3.63) is 59.1 Å². The molecule has 0 spiro atoms. The summed E-state index contributed by atoms with van der Waals surface area (Å²) in [7, 11) is 1.70. The van der Waals surface area contributed by atoms with Crippen LogP contribution in [-0.2, 0) is 9.59 Å². The fourth-order valence-corrected chi connectivity index (χ4v) is 6.25. The predicted molar refractivity (Wildman–Crippen MR) is 155 cm³/mol. The van der Waals surface area contributed by atoms with Crippen LogP contribution in [0.15, 0.2) is 48.5 Å². The summed E-state index contributed by atoms with van der Waals surface area (Å²) < 4.78 is 12.6. The standard InChI is InChI=1S/C27H31N3O4S.C2H2O4/c1-16-10-18(25-11-17-6-7-20(33-2)12-26(17)35-25)8-9-30(16)14-19(31)15-34-24-5-3-4-22-21(24)13-23(29-22)27(28)32;3-1(4)2(5)6/h3-7,11-13,16,18-19,29,31H,8-10,14-15H2,1-2H3,(H2,28,32);(H,3,4)(H,5,6)/t16-,18+,19+;/m1./s1. The van der Waals surface area contributed by atoms with Gasteiger partial charge < -0.3 is 35.5 Å². The van der Waals surface area contributed by atoms with Gasteiger partial charge in [0, 0.05) is 33.1 Å². The summed E-state index contributed by atoms with van der Waals surface area (Å²) in [5, 5.41) is 27.6. The Balaban J connectivity index is 0.000000585. The Morgan fingerprint density at radius 1 is 1.15 bits per heavy atom. The Morgan fingerprint density at radius 3 is 2.56 bits per heavy atom. The molecule has 1 aliphatic heterocycles. The summed E-state index contributed by atoms with van der Waals surface area (Å²) in [6, 6.07) is 16.2. The highest BCUT2D eigenvalue weighted by molar-refractivity contribution is 7.19. The number of methoxy groups -OCH3 is 1. The minimum Gasteiger partial charge on any atom is -0.497 e. The van der Waals surface area contributed by atoms with Crippen LogP contribution >= 0.6 is 11.3 Å². The van der Waals surface area contributed by atoms with Gasteiger partial charge in [-0.3, -0.25) is 9.69 Å². The summed E-state index contributed by atoms with van der Waals surface area (Å²) in [6.45, 7) is 3.92. The maximum Gasteiger partial charge on any atom is 0.414 e. The second-order valence-corrected chi connectivity index (χ2v) is 11.1. The summed E-state index contributed by atoms with van der Waals surface area (Å²) in [4.78, 5) is 36.5. The number of amides is 1. The number of carbonyl (C=O) groups excluding carboxylic acids is 1. The van der Waals surface area contributed by atoms with Crippen LogP contribution in [0.1, 0.15) is 41.0 Å². The number of hydrogen-bond acceptors (Lipinski definition) is 8. The molecule has 1 fully saturated rings. The number of β-amino-alcohol motifs (C(OH)–C–C–N with tert-alkyl or cyclic N) is 1. The molecule has 3 heterocycles. The maximum absolute atomic E-state index is 11.5. The maximum atomic E-state index is 11.5. The van der Waals surface area contributed by atoms with Crippen molar-refractivity contribution >= 4 is 50.2 Å². The number of nitrogens with one attached hydrogen (secondary N) is 1. The van der Waals surface area contributed by atoms with Crippen LogP contribution in [0.2, 0.25) is 0 Å². The van der Waals surface area contributed by atoms with Crippen LogP contribution in [0.5, 0.6) is 11.5 Å². The molecular weight excluding hydrogens is 550 g/mol. The second-order valence-electron chi connectivity index (χ2n) is 9.96. The number of carboxylic acid groups (broad SMARTS) is 2. The highest BCUT2D eigenvalue weighted by Gasteiger charge is 2.29. The highest BCUT2D eigenvalue weighted by Crippen LogP contribution is 2.39. The van der Waals surface area contributed by atoms with Crippen LogP contribution in [0.25, 0.3) is 21.0 Å². The van der Waals surface area contributed by atoms with Crippen molar-refractivity contribution in [1.82, 2.24) is 9.88 Å². The van der Waals surface area contributed by atoms with Gasteiger partial charge in [0.2, 0.25) is 0 Å². The molecule has 3 atom stereocenters. The van der Waals surface area contributed by atoms with Crippen molar-refractivity contribution in [1.29, 1.82) is 0 Å². The monoisotopic (exact) mass is 583 g/mol. The van der Waals surface area contributed by atoms with Gasteiger partial charge in [-0.15, -0.1) is 11.3 Å². The number of carboxylic acids is 2. The number of nitrogens with zero attached hydrogens (tertiary/aromatic N) is 1. The van der Waals surface area contributed by atoms with Crippen molar-refractivity contribution in [2.75, 3.05) is 26.8 Å². The number of likely N-dealkylation sites (tertiary alicyclic amines) is 1. The zero-order chi connectivity index (χ0) is 29.7. The van der Waals surface area contributed by atoms with E-state index in [1.165, 1.54) is 15.0 Å². The van der Waals surface area contributed by atoms with Gasteiger partial charge in [-0.2, -0.15) is 0 Å². The van der Waals surface area contributed by atoms with E-state index >= 15 is 0 Å². The van der Waals surface area contributed by atoms with Gasteiger partial charge in [0.05, 0.1) is 7.11 Å². The number of fused-ring (bicyclic) bond motifs is 2. The van der Waals surface area contributed by atoms with E-state index in [2.05, 4.69) is 35.0 Å². The molecule has 2 aromatic heterocycles. The van der Waals surface area contributed by atoms with E-state index < -0.39 is 23.9 Å². The first-order valence-electron chi connectivity index (χ1n) is 13.1. The number of hydrogen-bond donors (Lipinski definition) is 5. The molecular formula is C29H33N3O8S. The van der Waals surface area contributed by atoms with Gasteiger partial charge in [-0.25, -0.2) is 9.59 Å². The fourth-order valence-electron chi connectivity index (χ4n) is 5.01. The van der Waals surface area contributed by atoms with Crippen LogP contribution in [-0.4, -0.2) is 82.0 Å². The number of ether oxygens (including phenoxy) is 2. The van der Waals surface area contributed by atoms with Gasteiger partial charge in [0.25, 0.3) is 5.91 Å². The molecule has 12 heteroatoms. The van der Waals surface area contributed by atoms with Crippen molar-refractivity contribution in [3.63, 3.8) is 0 Å². The number of aromatic amines is 1. The van der Waals surface area contributed by atoms with Crippen molar-refractivity contribution in [2.45, 2.75) is 37.8 Å². The lowest BCUT2D eigenvalue weighted by Gasteiger charge is -2.38. The van der Waals surface area contributed by atoms with Crippen LogP contribution in [0.4, 0.5) is 0 Å². The van der Waals surface area contributed by atoms with Crippen molar-refractivity contribution in [2.24, 2.45) is 5.73 Å². The van der Waals surface area contributed by atoms with Crippen LogP contribution in [0.3, 0.4) is 0 Å². The number of primary amides is 1. The third kappa shape index (κ3) is 7.34. The van der Waals surface area contributed by atoms with E-state index in [1.54, 1.807) is 13.2 Å². The number of nitrogens with two attached hydrogens (primary N) is 1. The molecule has 11 nitrogen and oxygen atoms in total. The second kappa shape index (κ2) is 13.0. The number of thiophene rings is 1. The summed E-state index contributed by atoms with van der Waals surface area (Å²) >= 11 is 1.86. The molecule has 218 valence electrons. The summed E-state index contributed by atoms with van der Waals surface area (Å²) in [5.74, 6) is -2.11. The van der Waals surface area contributed by atoms with Gasteiger partial charge in [0.1, 0.15) is 29.9 Å². The van der Waals surface area contributed by atoms with Crippen molar-refractivity contribution < 1.29 is 39.2 Å². The number of benzene rings is 2. The smallest absolute Gasteiger partial charge is 0.414 e. The topological polar surface area (TPSA) is 175 Å². The van der Waals surface area contributed by atoms with E-state index in [9.17, 15) is 9.90 Å². The van der Waals surface area contributed by atoms with E-state index in [0.29, 0.717) is 29.9 Å². The third-order valence-electron chi connectivity index (χ3n) is 7.11. The first-order chi connectivity index (χ1) is 19.5. The molecule has 0 saturated carbocycles. The molecule has 0 unspecified atom stereocenters. The Labute approximate surface area is 240 Å². The zero-order valence-electron chi connectivity index (χ0n) is 22.7. The largest absolute Gasteiger partial charge is 0.497 e. The first kappa shape index (κ1) is 29.8. The average molecular weight is 584 g/mol. The number of rotatable bonds is 8. The fraction of sp³-hybridized carbons (Fsp3) is 0.345. The Hall–Kier alpha value is -4.13. The van der Waals surface area contributed by atoms with E-state index in [0.717, 1.165) is 36.0 Å². The molecule has 4 aromatic rings. The third-order valence-corrected chi connectivity index (χ3v) is 8.37. The Morgan fingerprint density at radius 2 is 1.90 bits per heavy atom. The minimum atomic E-state index is -1.82. The number of aliphatic carboxylic acids is 2. The van der Waals surface area contributed by atoms with E-state index in [1.807, 2.05) is 35.6 Å². The highest BCUT2D eigenvalue weighted by atomic mass is 32.1. The molecule has 0 aliphatic carbocycles. The molecule has 0 bridgehead atoms.